The molecule has 0 spiro atoms. The van der Waals surface area contributed by atoms with Gasteiger partial charge in [-0.3, -0.25) is 0 Å². The van der Waals surface area contributed by atoms with E-state index in [2.05, 4.69) is 20.2 Å². The van der Waals surface area contributed by atoms with Gasteiger partial charge in [0.2, 0.25) is 5.95 Å². The Morgan fingerprint density at radius 3 is 2.96 bits per heavy atom. The summed E-state index contributed by atoms with van der Waals surface area (Å²) in [5, 5.41) is 3.68. The van der Waals surface area contributed by atoms with Crippen LogP contribution < -0.4 is 16.0 Å². The summed E-state index contributed by atoms with van der Waals surface area (Å²) in [6, 6.07) is 0.615. The molecule has 5 rings (SSSR count). The van der Waals surface area contributed by atoms with E-state index < -0.39 is 0 Å². The van der Waals surface area contributed by atoms with Crippen molar-refractivity contribution in [2.45, 2.75) is 44.6 Å². The molecule has 23 heavy (non-hydrogen) atoms. The third-order valence-corrected chi connectivity index (χ3v) is 6.97. The summed E-state index contributed by atoms with van der Waals surface area (Å²) >= 11 is 1.91. The fourth-order valence-electron chi connectivity index (χ4n) is 4.55. The van der Waals surface area contributed by atoms with Crippen LogP contribution in [-0.4, -0.2) is 35.6 Å². The summed E-state index contributed by atoms with van der Waals surface area (Å²) in [5.74, 6) is 2.27. The average molecular weight is 329 g/mol. The van der Waals surface area contributed by atoms with Crippen molar-refractivity contribution in [2.24, 2.45) is 5.92 Å². The molecule has 0 bridgehead atoms. The second kappa shape index (κ2) is 5.31. The summed E-state index contributed by atoms with van der Waals surface area (Å²) < 4.78 is 1.27. The van der Waals surface area contributed by atoms with Crippen LogP contribution in [0.3, 0.4) is 0 Å². The van der Waals surface area contributed by atoms with Gasteiger partial charge in [-0.15, -0.1) is 11.3 Å². The van der Waals surface area contributed by atoms with E-state index >= 15 is 0 Å². The van der Waals surface area contributed by atoms with Crippen molar-refractivity contribution in [1.82, 2.24) is 15.3 Å². The third kappa shape index (κ3) is 2.22. The molecule has 2 aromatic rings. The van der Waals surface area contributed by atoms with Crippen LogP contribution in [0.2, 0.25) is 0 Å². The van der Waals surface area contributed by atoms with Gasteiger partial charge in [-0.25, -0.2) is 4.98 Å². The molecule has 0 saturated carbocycles. The van der Waals surface area contributed by atoms with Crippen molar-refractivity contribution < 1.29 is 0 Å². The highest BCUT2D eigenvalue weighted by atomic mass is 32.1. The zero-order valence-corrected chi connectivity index (χ0v) is 14.2. The number of thiophene rings is 1. The molecule has 6 heteroatoms. The fraction of sp³-hybridized carbons (Fsp3) is 0.647. The van der Waals surface area contributed by atoms with Gasteiger partial charge in [0.05, 0.1) is 10.2 Å². The minimum atomic E-state index is 0.432. The molecular weight excluding hydrogens is 306 g/mol. The molecule has 122 valence electrons. The Morgan fingerprint density at radius 2 is 2.04 bits per heavy atom. The van der Waals surface area contributed by atoms with Gasteiger partial charge in [0.25, 0.3) is 0 Å². The molecule has 3 aliphatic rings. The molecule has 2 fully saturated rings. The first-order chi connectivity index (χ1) is 11.3. The van der Waals surface area contributed by atoms with Crippen LogP contribution in [0, 0.1) is 5.92 Å². The van der Waals surface area contributed by atoms with Crippen LogP contribution in [-0.2, 0) is 12.8 Å². The lowest BCUT2D eigenvalue weighted by atomic mass is 9.94. The van der Waals surface area contributed by atoms with Crippen molar-refractivity contribution in [3.05, 3.63) is 10.4 Å². The highest BCUT2D eigenvalue weighted by molar-refractivity contribution is 7.19. The number of aromatic nitrogens is 2. The Labute approximate surface area is 140 Å². The molecule has 5 nitrogen and oxygen atoms in total. The number of nitrogens with one attached hydrogen (secondary N) is 1. The molecule has 1 aliphatic carbocycles. The number of fused-ring (bicyclic) bond motifs is 4. The lowest BCUT2D eigenvalue weighted by Crippen LogP contribution is -2.40. The maximum atomic E-state index is 6.07. The summed E-state index contributed by atoms with van der Waals surface area (Å²) in [6.07, 6.45) is 7.55. The van der Waals surface area contributed by atoms with Gasteiger partial charge >= 0.3 is 0 Å². The van der Waals surface area contributed by atoms with Gasteiger partial charge in [0.1, 0.15) is 0 Å². The fourth-order valence-corrected chi connectivity index (χ4v) is 5.90. The number of nitrogens with two attached hydrogens (primary N) is 1. The van der Waals surface area contributed by atoms with Crippen LogP contribution in [0.4, 0.5) is 11.8 Å². The number of anilines is 2. The van der Waals surface area contributed by atoms with Crippen molar-refractivity contribution in [3.8, 4) is 0 Å². The first-order valence-electron chi connectivity index (χ1n) is 8.85. The van der Waals surface area contributed by atoms with E-state index in [4.69, 9.17) is 5.73 Å². The van der Waals surface area contributed by atoms with E-state index in [-0.39, 0.29) is 0 Å². The molecule has 0 aromatic carbocycles. The van der Waals surface area contributed by atoms with E-state index in [1.165, 1.54) is 47.2 Å². The van der Waals surface area contributed by atoms with Crippen LogP contribution in [0.25, 0.3) is 10.2 Å². The minimum Gasteiger partial charge on any atom is -0.368 e. The van der Waals surface area contributed by atoms with Crippen LogP contribution in [0.1, 0.15) is 36.1 Å². The zero-order chi connectivity index (χ0) is 15.4. The Hall–Kier alpha value is -1.40. The Balaban J connectivity index is 1.59. The van der Waals surface area contributed by atoms with Gasteiger partial charge in [0.15, 0.2) is 5.82 Å². The average Bonchev–Trinajstić information content (AvgIpc) is 3.15. The normalized spacial score (nSPS) is 27.2. The topological polar surface area (TPSA) is 67.1 Å². The maximum Gasteiger partial charge on any atom is 0.222 e. The van der Waals surface area contributed by atoms with Gasteiger partial charge in [-0.05, 0) is 56.6 Å². The van der Waals surface area contributed by atoms with Crippen LogP contribution >= 0.6 is 11.3 Å². The predicted octanol–water partition coefficient (Wildman–Crippen LogP) is 2.34. The highest BCUT2D eigenvalue weighted by Crippen LogP contribution is 2.41. The smallest absolute Gasteiger partial charge is 0.222 e. The lowest BCUT2D eigenvalue weighted by molar-refractivity contribution is 0.340. The quantitative estimate of drug-likeness (QED) is 0.840. The molecule has 2 atom stereocenters. The predicted molar refractivity (Wildman–Crippen MR) is 95.2 cm³/mol. The molecular formula is C17H23N5S. The van der Waals surface area contributed by atoms with E-state index in [1.54, 1.807) is 0 Å². The largest absolute Gasteiger partial charge is 0.368 e. The van der Waals surface area contributed by atoms with Crippen LogP contribution in [0.5, 0.6) is 0 Å². The van der Waals surface area contributed by atoms with E-state index in [1.807, 2.05) is 11.3 Å². The molecule has 0 amide bonds. The minimum absolute atomic E-state index is 0.432. The number of rotatable bonds is 1. The SMILES string of the molecule is Nc1nc(N2C[C@H]3CCCN[C@H]3C2)c2sc3c(c2n1)CCCC3. The number of nitrogen functional groups attached to an aromatic ring is 1. The Kier molecular flexibility index (Phi) is 3.23. The maximum absolute atomic E-state index is 6.07. The van der Waals surface area contributed by atoms with Crippen LogP contribution in [0.15, 0.2) is 0 Å². The standard InChI is InChI=1S/C17H23N5S/c18-17-20-14-11-5-1-2-6-13(11)23-15(14)16(21-17)22-8-10-4-3-7-19-12(10)9-22/h10,12,19H,1-9H2,(H2,18,20,21)/t10-,12+/m1/s1. The number of piperidine rings is 1. The van der Waals surface area contributed by atoms with Crippen molar-refractivity contribution >= 4 is 33.3 Å². The van der Waals surface area contributed by atoms with Crippen molar-refractivity contribution in [3.63, 3.8) is 0 Å². The molecule has 2 aromatic heterocycles. The lowest BCUT2D eigenvalue weighted by Gasteiger charge is -2.24. The zero-order valence-electron chi connectivity index (χ0n) is 13.3. The molecule has 3 N–H and O–H groups in total. The monoisotopic (exact) mass is 329 g/mol. The van der Waals surface area contributed by atoms with Gasteiger partial charge in [0, 0.05) is 24.0 Å². The second-order valence-corrected chi connectivity index (χ2v) is 8.27. The molecule has 2 saturated heterocycles. The first-order valence-corrected chi connectivity index (χ1v) is 9.67. The van der Waals surface area contributed by atoms with Gasteiger partial charge in [-0.1, -0.05) is 0 Å². The number of aryl methyl sites for hydroxylation is 2. The van der Waals surface area contributed by atoms with Gasteiger partial charge < -0.3 is 16.0 Å². The Morgan fingerprint density at radius 1 is 1.13 bits per heavy atom. The number of hydrogen-bond acceptors (Lipinski definition) is 6. The molecule has 4 heterocycles. The number of hydrogen-bond donors (Lipinski definition) is 2. The van der Waals surface area contributed by atoms with Crippen molar-refractivity contribution in [1.29, 1.82) is 0 Å². The molecule has 0 unspecified atom stereocenters. The van der Waals surface area contributed by atoms with Crippen molar-refractivity contribution in [2.75, 3.05) is 30.3 Å². The van der Waals surface area contributed by atoms with E-state index in [9.17, 15) is 0 Å². The molecule has 0 radical (unpaired) electrons. The van der Waals surface area contributed by atoms with Gasteiger partial charge in [-0.2, -0.15) is 4.98 Å². The molecule has 2 aliphatic heterocycles. The van der Waals surface area contributed by atoms with E-state index in [0.717, 1.165) is 43.3 Å². The second-order valence-electron chi connectivity index (χ2n) is 7.16. The summed E-state index contributed by atoms with van der Waals surface area (Å²) in [6.45, 7) is 3.31. The summed E-state index contributed by atoms with van der Waals surface area (Å²) in [7, 11) is 0. The summed E-state index contributed by atoms with van der Waals surface area (Å²) in [4.78, 5) is 13.2. The summed E-state index contributed by atoms with van der Waals surface area (Å²) in [5.41, 5.74) is 8.65. The highest BCUT2D eigenvalue weighted by Gasteiger charge is 2.36. The third-order valence-electron chi connectivity index (χ3n) is 5.69. The Bertz CT molecular complexity index is 741. The first kappa shape index (κ1) is 14.0. The van der Waals surface area contributed by atoms with E-state index in [0.29, 0.717) is 12.0 Å². The number of nitrogens with zero attached hydrogens (tertiary/aromatic N) is 3.